The molecule has 6 nitrogen and oxygen atoms in total. The number of benzene rings is 2. The molecule has 1 heterocycles. The quantitative estimate of drug-likeness (QED) is 0.720. The van der Waals surface area contributed by atoms with Gasteiger partial charge in [-0.1, -0.05) is 12.1 Å². The molecular formula is C22H21N5O. The van der Waals surface area contributed by atoms with Crippen LogP contribution < -0.4 is 10.2 Å². The van der Waals surface area contributed by atoms with Crippen LogP contribution in [0, 0.1) is 25.2 Å². The van der Waals surface area contributed by atoms with Crippen LogP contribution in [0.15, 0.2) is 54.6 Å². The molecule has 140 valence electrons. The van der Waals surface area contributed by atoms with E-state index in [4.69, 9.17) is 5.26 Å². The van der Waals surface area contributed by atoms with Crippen LogP contribution >= 0.6 is 0 Å². The molecule has 3 rings (SSSR count). The molecule has 28 heavy (non-hydrogen) atoms. The summed E-state index contributed by atoms with van der Waals surface area (Å²) in [5.41, 5.74) is 3.60. The Morgan fingerprint density at radius 1 is 1.11 bits per heavy atom. The summed E-state index contributed by atoms with van der Waals surface area (Å²) in [5, 5.41) is 11.7. The van der Waals surface area contributed by atoms with Crippen LogP contribution in [0.2, 0.25) is 0 Å². The van der Waals surface area contributed by atoms with Crippen molar-refractivity contribution in [1.29, 1.82) is 5.26 Å². The molecular weight excluding hydrogens is 350 g/mol. The zero-order chi connectivity index (χ0) is 20.1. The minimum atomic E-state index is -0.322. The third kappa shape index (κ3) is 4.33. The second-order valence-corrected chi connectivity index (χ2v) is 6.39. The van der Waals surface area contributed by atoms with E-state index >= 15 is 0 Å². The Balaban J connectivity index is 1.89. The fourth-order valence-electron chi connectivity index (χ4n) is 2.90. The standard InChI is InChI=1S/C22H21N5O/c1-4-27(19-7-5-6-15(2)12-19)21-13-20(24-16(3)25-21)22(28)26-18-10-8-17(14-23)9-11-18/h5-13H,4H2,1-3H3,(H,26,28). The molecule has 6 heteroatoms. The summed E-state index contributed by atoms with van der Waals surface area (Å²) < 4.78 is 0. The van der Waals surface area contributed by atoms with Gasteiger partial charge in [-0.15, -0.1) is 0 Å². The van der Waals surface area contributed by atoms with Crippen molar-refractivity contribution < 1.29 is 4.79 Å². The average Bonchev–Trinajstić information content (AvgIpc) is 2.69. The molecule has 1 aromatic heterocycles. The third-order valence-electron chi connectivity index (χ3n) is 4.24. The van der Waals surface area contributed by atoms with E-state index in [2.05, 4.69) is 27.4 Å². The summed E-state index contributed by atoms with van der Waals surface area (Å²) in [6.07, 6.45) is 0. The highest BCUT2D eigenvalue weighted by molar-refractivity contribution is 6.03. The molecule has 2 aromatic carbocycles. The summed E-state index contributed by atoms with van der Waals surface area (Å²) in [4.78, 5) is 23.5. The largest absolute Gasteiger partial charge is 0.327 e. The molecule has 0 aliphatic rings. The summed E-state index contributed by atoms with van der Waals surface area (Å²) in [5.74, 6) is 0.871. The lowest BCUT2D eigenvalue weighted by Gasteiger charge is -2.23. The van der Waals surface area contributed by atoms with Gasteiger partial charge in [0.25, 0.3) is 5.91 Å². The zero-order valence-corrected chi connectivity index (χ0v) is 16.1. The van der Waals surface area contributed by atoms with Gasteiger partial charge in [-0.2, -0.15) is 5.26 Å². The summed E-state index contributed by atoms with van der Waals surface area (Å²) >= 11 is 0. The van der Waals surface area contributed by atoms with Crippen molar-refractivity contribution in [3.63, 3.8) is 0 Å². The molecule has 0 unspecified atom stereocenters. The minimum absolute atomic E-state index is 0.290. The van der Waals surface area contributed by atoms with Gasteiger partial charge < -0.3 is 10.2 Å². The zero-order valence-electron chi connectivity index (χ0n) is 16.1. The maximum atomic E-state index is 12.7. The number of nitriles is 1. The number of aryl methyl sites for hydroxylation is 2. The van der Waals surface area contributed by atoms with E-state index in [9.17, 15) is 4.79 Å². The molecule has 0 atom stereocenters. The topological polar surface area (TPSA) is 81.9 Å². The van der Waals surface area contributed by atoms with Crippen LogP contribution in [0.3, 0.4) is 0 Å². The Morgan fingerprint density at radius 2 is 1.86 bits per heavy atom. The Morgan fingerprint density at radius 3 is 2.50 bits per heavy atom. The number of amides is 1. The maximum Gasteiger partial charge on any atom is 0.274 e. The van der Waals surface area contributed by atoms with Crippen LogP contribution in [0.5, 0.6) is 0 Å². The number of nitrogens with zero attached hydrogens (tertiary/aromatic N) is 4. The van der Waals surface area contributed by atoms with Gasteiger partial charge in [0.15, 0.2) is 0 Å². The van der Waals surface area contributed by atoms with Gasteiger partial charge in [0.1, 0.15) is 17.3 Å². The molecule has 0 aliphatic carbocycles. The van der Waals surface area contributed by atoms with Crippen molar-refractivity contribution >= 4 is 23.1 Å². The first-order chi connectivity index (χ1) is 13.5. The van der Waals surface area contributed by atoms with Crippen molar-refractivity contribution in [2.24, 2.45) is 0 Å². The molecule has 0 fully saturated rings. The van der Waals surface area contributed by atoms with Gasteiger partial charge >= 0.3 is 0 Å². The number of hydrogen-bond acceptors (Lipinski definition) is 5. The highest BCUT2D eigenvalue weighted by Crippen LogP contribution is 2.25. The van der Waals surface area contributed by atoms with Crippen LogP contribution in [-0.2, 0) is 0 Å². The number of carbonyl (C=O) groups is 1. The predicted molar refractivity (Wildman–Crippen MR) is 110 cm³/mol. The normalized spacial score (nSPS) is 10.2. The number of hydrogen-bond donors (Lipinski definition) is 1. The second-order valence-electron chi connectivity index (χ2n) is 6.39. The van der Waals surface area contributed by atoms with Gasteiger partial charge in [0, 0.05) is 24.0 Å². The van der Waals surface area contributed by atoms with Crippen molar-refractivity contribution in [2.45, 2.75) is 20.8 Å². The Kier molecular flexibility index (Phi) is 5.66. The Bertz CT molecular complexity index is 1040. The number of nitrogens with one attached hydrogen (secondary N) is 1. The highest BCUT2D eigenvalue weighted by atomic mass is 16.1. The van der Waals surface area contributed by atoms with Crippen molar-refractivity contribution in [3.8, 4) is 6.07 Å². The smallest absolute Gasteiger partial charge is 0.274 e. The highest BCUT2D eigenvalue weighted by Gasteiger charge is 2.15. The van der Waals surface area contributed by atoms with E-state index in [1.807, 2.05) is 36.9 Å². The first-order valence-corrected chi connectivity index (χ1v) is 9.01. The number of rotatable bonds is 5. The van der Waals surface area contributed by atoms with Crippen LogP contribution in [-0.4, -0.2) is 22.4 Å². The predicted octanol–water partition coefficient (Wildman–Crippen LogP) is 4.38. The molecule has 0 saturated heterocycles. The molecule has 0 radical (unpaired) electrons. The summed E-state index contributed by atoms with van der Waals surface area (Å²) in [6, 6.07) is 18.6. The second kappa shape index (κ2) is 8.31. The number of carbonyl (C=O) groups excluding carboxylic acids is 1. The van der Waals surface area contributed by atoms with Crippen molar-refractivity contribution in [1.82, 2.24) is 9.97 Å². The van der Waals surface area contributed by atoms with Crippen molar-refractivity contribution in [3.05, 3.63) is 77.2 Å². The molecule has 1 amide bonds. The van der Waals surface area contributed by atoms with E-state index < -0.39 is 0 Å². The fraction of sp³-hybridized carbons (Fsp3) is 0.182. The molecule has 0 saturated carbocycles. The Labute approximate surface area is 164 Å². The molecule has 1 N–H and O–H groups in total. The lowest BCUT2D eigenvalue weighted by atomic mass is 10.2. The average molecular weight is 371 g/mol. The van der Waals surface area contributed by atoms with Crippen molar-refractivity contribution in [2.75, 3.05) is 16.8 Å². The molecule has 0 bridgehead atoms. The summed E-state index contributed by atoms with van der Waals surface area (Å²) in [6.45, 7) is 6.55. The monoisotopic (exact) mass is 371 g/mol. The summed E-state index contributed by atoms with van der Waals surface area (Å²) in [7, 11) is 0. The van der Waals surface area contributed by atoms with E-state index in [0.717, 1.165) is 11.3 Å². The fourth-order valence-corrected chi connectivity index (χ4v) is 2.90. The van der Waals surface area contributed by atoms with Crippen LogP contribution in [0.1, 0.15) is 34.4 Å². The van der Waals surface area contributed by atoms with Gasteiger partial charge in [0.05, 0.1) is 11.6 Å². The first kappa shape index (κ1) is 19.1. The molecule has 3 aromatic rings. The van der Waals surface area contributed by atoms with Crippen LogP contribution in [0.25, 0.3) is 0 Å². The van der Waals surface area contributed by atoms with E-state index in [-0.39, 0.29) is 11.6 Å². The lowest BCUT2D eigenvalue weighted by Crippen LogP contribution is -2.21. The van der Waals surface area contributed by atoms with Gasteiger partial charge in [-0.25, -0.2) is 9.97 Å². The maximum absolute atomic E-state index is 12.7. The van der Waals surface area contributed by atoms with Gasteiger partial charge in [-0.3, -0.25) is 4.79 Å². The lowest BCUT2D eigenvalue weighted by molar-refractivity contribution is 0.102. The van der Waals surface area contributed by atoms with E-state index in [1.165, 1.54) is 0 Å². The van der Waals surface area contributed by atoms with Crippen LogP contribution in [0.4, 0.5) is 17.2 Å². The number of anilines is 3. The number of aromatic nitrogens is 2. The third-order valence-corrected chi connectivity index (χ3v) is 4.24. The molecule has 0 aliphatic heterocycles. The minimum Gasteiger partial charge on any atom is -0.327 e. The first-order valence-electron chi connectivity index (χ1n) is 9.01. The van der Waals surface area contributed by atoms with Gasteiger partial charge in [-0.05, 0) is 62.7 Å². The Hall–Kier alpha value is -3.72. The van der Waals surface area contributed by atoms with E-state index in [1.54, 1.807) is 37.3 Å². The van der Waals surface area contributed by atoms with E-state index in [0.29, 0.717) is 29.4 Å². The van der Waals surface area contributed by atoms with Gasteiger partial charge in [0.2, 0.25) is 0 Å². The molecule has 0 spiro atoms. The SMILES string of the molecule is CCN(c1cccc(C)c1)c1cc(C(=O)Nc2ccc(C#N)cc2)nc(C)n1.